The third-order valence-electron chi connectivity index (χ3n) is 5.62. The largest absolute Gasteiger partial charge is 0.497 e. The highest BCUT2D eigenvalue weighted by molar-refractivity contribution is 5.94. The Balaban J connectivity index is 1.53. The number of hydrogen-bond donors (Lipinski definition) is 0. The average molecular weight is 389 g/mol. The zero-order valence-electron chi connectivity index (χ0n) is 16.8. The van der Waals surface area contributed by atoms with Gasteiger partial charge in [-0.05, 0) is 54.3 Å². The minimum absolute atomic E-state index is 0.110. The van der Waals surface area contributed by atoms with Crippen LogP contribution in [0.5, 0.6) is 5.75 Å². The van der Waals surface area contributed by atoms with Gasteiger partial charge in [0, 0.05) is 24.5 Å². The molecule has 1 fully saturated rings. The molecule has 0 spiro atoms. The number of nitrogens with zero attached hydrogens (tertiary/aromatic N) is 3. The van der Waals surface area contributed by atoms with Gasteiger partial charge in [-0.2, -0.15) is 5.10 Å². The minimum atomic E-state index is 0.110. The highest BCUT2D eigenvalue weighted by atomic mass is 16.5. The summed E-state index contributed by atoms with van der Waals surface area (Å²) >= 11 is 0. The number of amides is 1. The van der Waals surface area contributed by atoms with Crippen LogP contribution in [-0.2, 0) is 6.54 Å². The Morgan fingerprint density at radius 3 is 2.55 bits per heavy atom. The van der Waals surface area contributed by atoms with E-state index < -0.39 is 0 Å². The highest BCUT2D eigenvalue weighted by Crippen LogP contribution is 2.32. The standard InChI is InChI=1S/C24H27N3O2/c1-29-22-13-11-20(12-14-22)23-6-3-2-4-17-27(23)24(28)21-9-7-19(8-10-21)18-26-16-5-15-25-26/h5,7-16,23H,2-4,6,17-18H2,1H3. The van der Waals surface area contributed by atoms with Gasteiger partial charge in [0.1, 0.15) is 5.75 Å². The third-order valence-corrected chi connectivity index (χ3v) is 5.62. The molecule has 0 N–H and O–H groups in total. The van der Waals surface area contributed by atoms with E-state index in [1.165, 1.54) is 12.0 Å². The molecule has 1 amide bonds. The van der Waals surface area contributed by atoms with Gasteiger partial charge < -0.3 is 9.64 Å². The summed E-state index contributed by atoms with van der Waals surface area (Å²) in [7, 11) is 1.67. The number of benzene rings is 2. The lowest BCUT2D eigenvalue weighted by Gasteiger charge is -2.31. The van der Waals surface area contributed by atoms with Crippen LogP contribution in [-0.4, -0.2) is 34.2 Å². The second-order valence-corrected chi connectivity index (χ2v) is 7.54. The maximum Gasteiger partial charge on any atom is 0.254 e. The van der Waals surface area contributed by atoms with Crippen molar-refractivity contribution in [2.75, 3.05) is 13.7 Å². The van der Waals surface area contributed by atoms with E-state index >= 15 is 0 Å². The van der Waals surface area contributed by atoms with Gasteiger partial charge in [0.2, 0.25) is 0 Å². The van der Waals surface area contributed by atoms with Crippen molar-refractivity contribution in [1.29, 1.82) is 0 Å². The molecule has 29 heavy (non-hydrogen) atoms. The summed E-state index contributed by atoms with van der Waals surface area (Å²) in [5.74, 6) is 0.950. The molecule has 1 aliphatic heterocycles. The molecule has 150 valence electrons. The van der Waals surface area contributed by atoms with E-state index in [0.29, 0.717) is 6.54 Å². The van der Waals surface area contributed by atoms with Gasteiger partial charge in [-0.25, -0.2) is 0 Å². The normalized spacial score (nSPS) is 17.0. The summed E-state index contributed by atoms with van der Waals surface area (Å²) < 4.78 is 7.17. The van der Waals surface area contributed by atoms with E-state index in [-0.39, 0.29) is 11.9 Å². The Morgan fingerprint density at radius 2 is 1.86 bits per heavy atom. The summed E-state index contributed by atoms with van der Waals surface area (Å²) in [5, 5.41) is 4.24. The first-order valence-corrected chi connectivity index (χ1v) is 10.3. The Labute approximate surface area is 171 Å². The van der Waals surface area contributed by atoms with Crippen LogP contribution < -0.4 is 4.74 Å². The Bertz CT molecular complexity index is 918. The molecule has 0 radical (unpaired) electrons. The third kappa shape index (κ3) is 4.50. The first-order chi connectivity index (χ1) is 14.2. The second-order valence-electron chi connectivity index (χ2n) is 7.54. The maximum absolute atomic E-state index is 13.4. The Kier molecular flexibility index (Phi) is 5.94. The van der Waals surface area contributed by atoms with Crippen molar-refractivity contribution in [1.82, 2.24) is 14.7 Å². The van der Waals surface area contributed by atoms with Crippen molar-refractivity contribution in [3.63, 3.8) is 0 Å². The first-order valence-electron chi connectivity index (χ1n) is 10.3. The number of likely N-dealkylation sites (tertiary alicyclic amines) is 1. The summed E-state index contributed by atoms with van der Waals surface area (Å²) in [6.07, 6.45) is 8.07. The van der Waals surface area contributed by atoms with Crippen LogP contribution in [0.25, 0.3) is 0 Å². The molecule has 1 saturated heterocycles. The maximum atomic E-state index is 13.4. The monoisotopic (exact) mass is 389 g/mol. The minimum Gasteiger partial charge on any atom is -0.497 e. The first kappa shape index (κ1) is 19.2. The lowest BCUT2D eigenvalue weighted by atomic mass is 9.99. The predicted octanol–water partition coefficient (Wildman–Crippen LogP) is 4.70. The SMILES string of the molecule is COc1ccc(C2CCCCCN2C(=O)c2ccc(Cn3cccn3)cc2)cc1. The van der Waals surface area contributed by atoms with E-state index in [1.807, 2.05) is 53.3 Å². The van der Waals surface area contributed by atoms with E-state index in [4.69, 9.17) is 4.74 Å². The molecule has 0 saturated carbocycles. The summed E-state index contributed by atoms with van der Waals surface area (Å²) in [4.78, 5) is 15.4. The van der Waals surface area contributed by atoms with E-state index in [0.717, 1.165) is 42.7 Å². The molecular formula is C24H27N3O2. The van der Waals surface area contributed by atoms with Crippen molar-refractivity contribution in [3.8, 4) is 5.75 Å². The molecule has 1 atom stereocenters. The molecule has 0 aliphatic carbocycles. The van der Waals surface area contributed by atoms with Crippen LogP contribution in [0.3, 0.4) is 0 Å². The molecule has 0 bridgehead atoms. The number of carbonyl (C=O) groups excluding carboxylic acids is 1. The highest BCUT2D eigenvalue weighted by Gasteiger charge is 2.27. The predicted molar refractivity (Wildman–Crippen MR) is 113 cm³/mol. The average Bonchev–Trinajstić information content (AvgIpc) is 3.15. The van der Waals surface area contributed by atoms with E-state index in [1.54, 1.807) is 13.3 Å². The molecule has 2 heterocycles. The quantitative estimate of drug-likeness (QED) is 0.636. The number of aromatic nitrogens is 2. The van der Waals surface area contributed by atoms with Crippen molar-refractivity contribution in [2.45, 2.75) is 38.3 Å². The summed E-state index contributed by atoms with van der Waals surface area (Å²) in [6.45, 7) is 1.50. The van der Waals surface area contributed by atoms with Crippen LogP contribution >= 0.6 is 0 Å². The molecule has 5 nitrogen and oxygen atoms in total. The molecule has 1 aliphatic rings. The summed E-state index contributed by atoms with van der Waals surface area (Å²) in [6, 6.07) is 18.1. The topological polar surface area (TPSA) is 47.4 Å². The van der Waals surface area contributed by atoms with E-state index in [2.05, 4.69) is 22.1 Å². The van der Waals surface area contributed by atoms with Gasteiger partial charge in [0.25, 0.3) is 5.91 Å². The van der Waals surface area contributed by atoms with Crippen molar-refractivity contribution < 1.29 is 9.53 Å². The van der Waals surface area contributed by atoms with E-state index in [9.17, 15) is 4.79 Å². The van der Waals surface area contributed by atoms with Gasteiger partial charge in [0.05, 0.1) is 19.7 Å². The molecule has 1 unspecified atom stereocenters. The number of methoxy groups -OCH3 is 1. The molecule has 2 aromatic carbocycles. The zero-order valence-corrected chi connectivity index (χ0v) is 16.8. The fourth-order valence-corrected chi connectivity index (χ4v) is 4.02. The lowest BCUT2D eigenvalue weighted by molar-refractivity contribution is 0.0681. The van der Waals surface area contributed by atoms with Crippen LogP contribution in [0.2, 0.25) is 0 Å². The van der Waals surface area contributed by atoms with Gasteiger partial charge in [0.15, 0.2) is 0 Å². The fraction of sp³-hybridized carbons (Fsp3) is 0.333. The van der Waals surface area contributed by atoms with Crippen molar-refractivity contribution in [2.24, 2.45) is 0 Å². The van der Waals surface area contributed by atoms with Crippen molar-refractivity contribution in [3.05, 3.63) is 83.7 Å². The van der Waals surface area contributed by atoms with Gasteiger partial charge >= 0.3 is 0 Å². The fourth-order valence-electron chi connectivity index (χ4n) is 4.02. The zero-order chi connectivity index (χ0) is 20.1. The Morgan fingerprint density at radius 1 is 1.07 bits per heavy atom. The van der Waals surface area contributed by atoms with Crippen LogP contribution in [0.15, 0.2) is 67.0 Å². The molecular weight excluding hydrogens is 362 g/mol. The van der Waals surface area contributed by atoms with Crippen LogP contribution in [0.1, 0.15) is 53.2 Å². The molecule has 5 heteroatoms. The van der Waals surface area contributed by atoms with Gasteiger partial charge in [-0.15, -0.1) is 0 Å². The molecule has 4 rings (SSSR count). The van der Waals surface area contributed by atoms with Gasteiger partial charge in [-0.1, -0.05) is 37.1 Å². The molecule has 1 aromatic heterocycles. The van der Waals surface area contributed by atoms with Gasteiger partial charge in [-0.3, -0.25) is 9.48 Å². The van der Waals surface area contributed by atoms with Crippen LogP contribution in [0, 0.1) is 0 Å². The number of rotatable bonds is 5. The smallest absolute Gasteiger partial charge is 0.254 e. The lowest BCUT2D eigenvalue weighted by Crippen LogP contribution is -2.34. The second kappa shape index (κ2) is 8.95. The number of carbonyl (C=O) groups is 1. The number of ether oxygens (including phenoxy) is 1. The summed E-state index contributed by atoms with van der Waals surface area (Å²) in [5.41, 5.74) is 3.05. The molecule has 3 aromatic rings. The van der Waals surface area contributed by atoms with Crippen LogP contribution in [0.4, 0.5) is 0 Å². The number of hydrogen-bond acceptors (Lipinski definition) is 3. The Hall–Kier alpha value is -3.08. The van der Waals surface area contributed by atoms with Crippen molar-refractivity contribution >= 4 is 5.91 Å².